The average Bonchev–Trinajstić information content (AvgIpc) is 2.44. The van der Waals surface area contributed by atoms with Gasteiger partial charge in [0.05, 0.1) is 10.7 Å². The monoisotopic (exact) mass is 286 g/mol. The van der Waals surface area contributed by atoms with Gasteiger partial charge in [0.25, 0.3) is 0 Å². The number of carbonyl (C=O) groups excluding carboxylic acids is 1. The standard InChI is InChI=1S/C12H19BrN2O/c1-8(12(2,3)4)6-10(16)11-9(13)7-14-15(11)5/h7-8H,6H2,1-5H3. The van der Waals surface area contributed by atoms with Gasteiger partial charge in [-0.25, -0.2) is 0 Å². The first-order chi connectivity index (χ1) is 7.23. The maximum Gasteiger partial charge on any atom is 0.182 e. The number of aromatic nitrogens is 2. The lowest BCUT2D eigenvalue weighted by Crippen LogP contribution is -2.21. The summed E-state index contributed by atoms with van der Waals surface area (Å²) in [7, 11) is 1.79. The van der Waals surface area contributed by atoms with Crippen molar-refractivity contribution in [2.45, 2.75) is 34.1 Å². The van der Waals surface area contributed by atoms with Crippen LogP contribution in [0.4, 0.5) is 0 Å². The first-order valence-electron chi connectivity index (χ1n) is 5.44. The summed E-state index contributed by atoms with van der Waals surface area (Å²) < 4.78 is 2.41. The Hall–Kier alpha value is -0.640. The SMILES string of the molecule is CC(CC(=O)c1c(Br)cnn1C)C(C)(C)C. The fourth-order valence-electron chi connectivity index (χ4n) is 1.41. The van der Waals surface area contributed by atoms with Crippen molar-refractivity contribution in [1.29, 1.82) is 0 Å². The molecule has 0 N–H and O–H groups in total. The average molecular weight is 287 g/mol. The third-order valence-corrected chi connectivity index (χ3v) is 3.71. The molecule has 0 aromatic carbocycles. The highest BCUT2D eigenvalue weighted by Gasteiger charge is 2.25. The lowest BCUT2D eigenvalue weighted by atomic mass is 9.79. The van der Waals surface area contributed by atoms with Crippen molar-refractivity contribution in [3.63, 3.8) is 0 Å². The van der Waals surface area contributed by atoms with Gasteiger partial charge in [-0.1, -0.05) is 27.7 Å². The summed E-state index contributed by atoms with van der Waals surface area (Å²) in [4.78, 5) is 12.1. The molecule has 0 aliphatic heterocycles. The van der Waals surface area contributed by atoms with Crippen LogP contribution in [0.25, 0.3) is 0 Å². The lowest BCUT2D eigenvalue weighted by molar-refractivity contribution is 0.0917. The van der Waals surface area contributed by atoms with E-state index < -0.39 is 0 Å². The molecule has 0 aliphatic rings. The highest BCUT2D eigenvalue weighted by atomic mass is 79.9. The normalized spacial score (nSPS) is 13.9. The number of halogens is 1. The van der Waals surface area contributed by atoms with E-state index in [9.17, 15) is 4.79 Å². The van der Waals surface area contributed by atoms with Gasteiger partial charge in [0.15, 0.2) is 5.78 Å². The van der Waals surface area contributed by atoms with Crippen LogP contribution in [0.5, 0.6) is 0 Å². The van der Waals surface area contributed by atoms with Crippen molar-refractivity contribution < 1.29 is 4.79 Å². The Bertz CT molecular complexity index is 371. The third kappa shape index (κ3) is 2.94. The molecule has 0 bridgehead atoms. The Balaban J connectivity index is 2.82. The summed E-state index contributed by atoms with van der Waals surface area (Å²) in [6, 6.07) is 0. The number of carbonyl (C=O) groups is 1. The van der Waals surface area contributed by atoms with E-state index in [0.717, 1.165) is 4.47 Å². The maximum absolute atomic E-state index is 12.1. The molecule has 4 heteroatoms. The second-order valence-corrected chi connectivity index (χ2v) is 6.21. The first-order valence-corrected chi connectivity index (χ1v) is 6.23. The summed E-state index contributed by atoms with van der Waals surface area (Å²) in [5.74, 6) is 0.496. The molecule has 1 atom stereocenters. The summed E-state index contributed by atoms with van der Waals surface area (Å²) in [5, 5.41) is 4.06. The van der Waals surface area contributed by atoms with Crippen LogP contribution < -0.4 is 0 Å². The molecular weight excluding hydrogens is 268 g/mol. The smallest absolute Gasteiger partial charge is 0.182 e. The van der Waals surface area contributed by atoms with Gasteiger partial charge in [-0.15, -0.1) is 0 Å². The van der Waals surface area contributed by atoms with Crippen molar-refractivity contribution in [2.24, 2.45) is 18.4 Å². The molecule has 0 saturated carbocycles. The third-order valence-electron chi connectivity index (χ3n) is 3.13. The molecule has 0 amide bonds. The fourth-order valence-corrected chi connectivity index (χ4v) is 1.97. The summed E-state index contributed by atoms with van der Waals surface area (Å²) in [6.45, 7) is 8.58. The zero-order valence-corrected chi connectivity index (χ0v) is 12.1. The molecule has 0 radical (unpaired) electrons. The second-order valence-electron chi connectivity index (χ2n) is 5.36. The van der Waals surface area contributed by atoms with E-state index in [1.165, 1.54) is 0 Å². The molecule has 1 heterocycles. The Labute approximate surface area is 105 Å². The Morgan fingerprint density at radius 3 is 2.50 bits per heavy atom. The predicted molar refractivity (Wildman–Crippen MR) is 68.5 cm³/mol. The number of Topliss-reactive ketones (excluding diaryl/α,β-unsaturated/α-hetero) is 1. The van der Waals surface area contributed by atoms with E-state index in [0.29, 0.717) is 18.0 Å². The number of ketones is 1. The summed E-state index contributed by atoms with van der Waals surface area (Å²) in [5.41, 5.74) is 0.817. The quantitative estimate of drug-likeness (QED) is 0.798. The summed E-state index contributed by atoms with van der Waals surface area (Å²) >= 11 is 3.35. The van der Waals surface area contributed by atoms with Crippen LogP contribution in [0.1, 0.15) is 44.6 Å². The van der Waals surface area contributed by atoms with Crippen molar-refractivity contribution in [2.75, 3.05) is 0 Å². The predicted octanol–water partition coefficient (Wildman–Crippen LogP) is 3.44. The van der Waals surface area contributed by atoms with Crippen LogP contribution >= 0.6 is 15.9 Å². The lowest BCUT2D eigenvalue weighted by Gasteiger charge is -2.26. The minimum Gasteiger partial charge on any atom is -0.292 e. The van der Waals surface area contributed by atoms with Gasteiger partial charge in [-0.05, 0) is 27.3 Å². The number of aryl methyl sites for hydroxylation is 1. The second kappa shape index (κ2) is 4.70. The number of rotatable bonds is 3. The fraction of sp³-hybridized carbons (Fsp3) is 0.667. The number of hydrogen-bond donors (Lipinski definition) is 0. The van der Waals surface area contributed by atoms with Crippen molar-refractivity contribution in [1.82, 2.24) is 9.78 Å². The highest BCUT2D eigenvalue weighted by Crippen LogP contribution is 2.30. The number of nitrogens with zero attached hydrogens (tertiary/aromatic N) is 2. The molecule has 0 aliphatic carbocycles. The van der Waals surface area contributed by atoms with E-state index in [4.69, 9.17) is 0 Å². The van der Waals surface area contributed by atoms with Gasteiger partial charge in [-0.3, -0.25) is 9.48 Å². The van der Waals surface area contributed by atoms with E-state index in [-0.39, 0.29) is 11.2 Å². The molecule has 3 nitrogen and oxygen atoms in total. The number of hydrogen-bond acceptors (Lipinski definition) is 2. The van der Waals surface area contributed by atoms with Gasteiger partial charge >= 0.3 is 0 Å². The van der Waals surface area contributed by atoms with Gasteiger partial charge in [0.1, 0.15) is 5.69 Å². The van der Waals surface area contributed by atoms with Gasteiger partial charge < -0.3 is 0 Å². The first kappa shape index (κ1) is 13.4. The van der Waals surface area contributed by atoms with Gasteiger partial charge in [0.2, 0.25) is 0 Å². The van der Waals surface area contributed by atoms with E-state index in [1.807, 2.05) is 0 Å². The highest BCUT2D eigenvalue weighted by molar-refractivity contribution is 9.10. The Morgan fingerprint density at radius 1 is 1.56 bits per heavy atom. The zero-order chi connectivity index (χ0) is 12.5. The molecule has 1 aromatic heterocycles. The van der Waals surface area contributed by atoms with Crippen LogP contribution in [-0.2, 0) is 7.05 Å². The van der Waals surface area contributed by atoms with E-state index in [2.05, 4.69) is 48.7 Å². The van der Waals surface area contributed by atoms with E-state index >= 15 is 0 Å². The van der Waals surface area contributed by atoms with Crippen LogP contribution in [0, 0.1) is 11.3 Å². The Kier molecular flexibility index (Phi) is 3.94. The molecular formula is C12H19BrN2O. The van der Waals surface area contributed by atoms with Crippen LogP contribution in [0.3, 0.4) is 0 Å². The van der Waals surface area contributed by atoms with Crippen LogP contribution in [0.2, 0.25) is 0 Å². The Morgan fingerprint density at radius 2 is 2.12 bits per heavy atom. The van der Waals surface area contributed by atoms with Gasteiger partial charge in [-0.2, -0.15) is 5.10 Å². The molecule has 1 rings (SSSR count). The van der Waals surface area contributed by atoms with E-state index in [1.54, 1.807) is 17.9 Å². The van der Waals surface area contributed by atoms with Crippen molar-refractivity contribution >= 4 is 21.7 Å². The summed E-state index contributed by atoms with van der Waals surface area (Å²) in [6.07, 6.45) is 2.22. The van der Waals surface area contributed by atoms with Crippen LogP contribution in [0.15, 0.2) is 10.7 Å². The zero-order valence-electron chi connectivity index (χ0n) is 10.5. The minimum atomic E-state index is 0.148. The molecule has 0 saturated heterocycles. The molecule has 0 fully saturated rings. The van der Waals surface area contributed by atoms with Crippen molar-refractivity contribution in [3.05, 3.63) is 16.4 Å². The maximum atomic E-state index is 12.1. The minimum absolute atomic E-state index is 0.148. The molecule has 16 heavy (non-hydrogen) atoms. The van der Waals surface area contributed by atoms with Crippen LogP contribution in [-0.4, -0.2) is 15.6 Å². The molecule has 1 unspecified atom stereocenters. The van der Waals surface area contributed by atoms with Crippen molar-refractivity contribution in [3.8, 4) is 0 Å². The topological polar surface area (TPSA) is 34.9 Å². The molecule has 90 valence electrons. The molecule has 1 aromatic rings. The largest absolute Gasteiger partial charge is 0.292 e. The van der Waals surface area contributed by atoms with Gasteiger partial charge in [0, 0.05) is 13.5 Å². The molecule has 0 spiro atoms.